The van der Waals surface area contributed by atoms with Crippen molar-refractivity contribution in [1.82, 2.24) is 0 Å². The SMILES string of the molecule is Cc1ccc(Sc2ccc(C)cc2CCCl)c(CCCl)c1. The summed E-state index contributed by atoms with van der Waals surface area (Å²) in [4.78, 5) is 2.59. The predicted molar refractivity (Wildman–Crippen MR) is 95.3 cm³/mol. The molecule has 0 aliphatic carbocycles. The summed E-state index contributed by atoms with van der Waals surface area (Å²) in [5.74, 6) is 1.30. The summed E-state index contributed by atoms with van der Waals surface area (Å²) >= 11 is 13.7. The summed E-state index contributed by atoms with van der Waals surface area (Å²) in [5.41, 5.74) is 5.22. The molecule has 2 rings (SSSR count). The van der Waals surface area contributed by atoms with Crippen LogP contribution in [0.1, 0.15) is 22.3 Å². The molecule has 0 N–H and O–H groups in total. The van der Waals surface area contributed by atoms with Gasteiger partial charge in [-0.1, -0.05) is 47.2 Å². The van der Waals surface area contributed by atoms with Crippen molar-refractivity contribution in [3.05, 3.63) is 58.7 Å². The molecule has 3 heteroatoms. The van der Waals surface area contributed by atoms with Crippen LogP contribution in [0, 0.1) is 13.8 Å². The summed E-state index contributed by atoms with van der Waals surface area (Å²) in [7, 11) is 0. The molecule has 0 aromatic heterocycles. The van der Waals surface area contributed by atoms with E-state index < -0.39 is 0 Å². The Morgan fingerprint density at radius 2 is 1.19 bits per heavy atom. The van der Waals surface area contributed by atoms with Gasteiger partial charge in [0.25, 0.3) is 0 Å². The summed E-state index contributed by atoms with van der Waals surface area (Å²) in [6.45, 7) is 4.24. The van der Waals surface area contributed by atoms with E-state index in [4.69, 9.17) is 23.2 Å². The Balaban J connectivity index is 2.33. The molecule has 2 aromatic carbocycles. The van der Waals surface area contributed by atoms with E-state index in [1.807, 2.05) is 11.8 Å². The molecule has 21 heavy (non-hydrogen) atoms. The Bertz CT molecular complexity index is 555. The topological polar surface area (TPSA) is 0 Å². The van der Waals surface area contributed by atoms with Crippen molar-refractivity contribution in [3.63, 3.8) is 0 Å². The van der Waals surface area contributed by atoms with E-state index in [1.165, 1.54) is 32.0 Å². The van der Waals surface area contributed by atoms with Crippen LogP contribution in [0.15, 0.2) is 46.2 Å². The second-order valence-corrected chi connectivity index (χ2v) is 7.04. The second-order valence-electron chi connectivity index (χ2n) is 5.20. The molecular weight excluding hydrogens is 319 g/mol. The number of rotatable bonds is 6. The standard InChI is InChI=1S/C18H20Cl2S/c1-13-3-5-17(15(11-13)7-9-19)21-18-6-4-14(2)12-16(18)8-10-20/h3-6,11-12H,7-10H2,1-2H3. The first kappa shape index (κ1) is 16.7. The summed E-state index contributed by atoms with van der Waals surface area (Å²) in [6.07, 6.45) is 1.81. The van der Waals surface area contributed by atoms with Gasteiger partial charge in [0, 0.05) is 21.6 Å². The minimum Gasteiger partial charge on any atom is -0.126 e. The zero-order valence-corrected chi connectivity index (χ0v) is 14.8. The molecule has 0 amide bonds. The maximum Gasteiger partial charge on any atom is 0.0264 e. The fourth-order valence-corrected chi connectivity index (χ4v) is 3.83. The molecule has 0 aliphatic rings. The third-order valence-electron chi connectivity index (χ3n) is 3.38. The largest absolute Gasteiger partial charge is 0.126 e. The molecule has 0 fully saturated rings. The number of alkyl halides is 2. The first-order chi connectivity index (χ1) is 10.1. The minimum absolute atomic E-state index is 0.652. The van der Waals surface area contributed by atoms with Crippen LogP contribution in [0.25, 0.3) is 0 Å². The zero-order valence-electron chi connectivity index (χ0n) is 12.5. The Hall–Kier alpha value is -0.630. The third kappa shape index (κ3) is 4.67. The lowest BCUT2D eigenvalue weighted by Crippen LogP contribution is -1.94. The van der Waals surface area contributed by atoms with Crippen LogP contribution < -0.4 is 0 Å². The van der Waals surface area contributed by atoms with Crippen LogP contribution in [0.3, 0.4) is 0 Å². The van der Waals surface area contributed by atoms with E-state index >= 15 is 0 Å². The van der Waals surface area contributed by atoms with Gasteiger partial charge in [0.2, 0.25) is 0 Å². The molecule has 112 valence electrons. The van der Waals surface area contributed by atoms with Gasteiger partial charge in [-0.15, -0.1) is 23.2 Å². The number of hydrogen-bond donors (Lipinski definition) is 0. The highest BCUT2D eigenvalue weighted by atomic mass is 35.5. The van der Waals surface area contributed by atoms with Gasteiger partial charge in [-0.25, -0.2) is 0 Å². The van der Waals surface area contributed by atoms with Crippen molar-refractivity contribution >= 4 is 35.0 Å². The Morgan fingerprint density at radius 3 is 1.57 bits per heavy atom. The van der Waals surface area contributed by atoms with Gasteiger partial charge in [0.15, 0.2) is 0 Å². The average molecular weight is 339 g/mol. The smallest absolute Gasteiger partial charge is 0.0264 e. The normalized spacial score (nSPS) is 10.9. The quantitative estimate of drug-likeness (QED) is 0.580. The van der Waals surface area contributed by atoms with Gasteiger partial charge in [-0.3, -0.25) is 0 Å². The first-order valence-electron chi connectivity index (χ1n) is 7.13. The second kappa shape index (κ2) is 8.12. The number of benzene rings is 2. The van der Waals surface area contributed by atoms with E-state index in [0.29, 0.717) is 11.8 Å². The average Bonchev–Trinajstić information content (AvgIpc) is 2.45. The molecule has 0 aliphatic heterocycles. The highest BCUT2D eigenvalue weighted by Gasteiger charge is 2.09. The van der Waals surface area contributed by atoms with Gasteiger partial charge >= 0.3 is 0 Å². The van der Waals surface area contributed by atoms with E-state index in [2.05, 4.69) is 50.2 Å². The molecule has 0 heterocycles. The summed E-state index contributed by atoms with van der Waals surface area (Å²) in [6, 6.07) is 13.2. The maximum atomic E-state index is 5.94. The molecule has 0 bridgehead atoms. The van der Waals surface area contributed by atoms with Gasteiger partial charge < -0.3 is 0 Å². The zero-order chi connectivity index (χ0) is 15.2. The maximum absolute atomic E-state index is 5.94. The van der Waals surface area contributed by atoms with Crippen LogP contribution in [0.2, 0.25) is 0 Å². The van der Waals surface area contributed by atoms with Crippen LogP contribution in [0.4, 0.5) is 0 Å². The summed E-state index contributed by atoms with van der Waals surface area (Å²) in [5, 5.41) is 0. The van der Waals surface area contributed by atoms with Crippen molar-refractivity contribution in [3.8, 4) is 0 Å². The van der Waals surface area contributed by atoms with E-state index in [9.17, 15) is 0 Å². The molecule has 0 radical (unpaired) electrons. The molecule has 2 aromatic rings. The van der Waals surface area contributed by atoms with E-state index in [0.717, 1.165) is 12.8 Å². The number of halogens is 2. The lowest BCUT2D eigenvalue weighted by atomic mass is 10.1. The summed E-state index contributed by atoms with van der Waals surface area (Å²) < 4.78 is 0. The monoisotopic (exact) mass is 338 g/mol. The molecule has 0 atom stereocenters. The predicted octanol–water partition coefficient (Wildman–Crippen LogP) is 6.02. The fourth-order valence-electron chi connectivity index (χ4n) is 2.33. The van der Waals surface area contributed by atoms with Crippen molar-refractivity contribution in [2.75, 3.05) is 11.8 Å². The Kier molecular flexibility index (Phi) is 6.47. The van der Waals surface area contributed by atoms with Gasteiger partial charge in [0.05, 0.1) is 0 Å². The minimum atomic E-state index is 0.652. The molecule has 0 saturated heterocycles. The fraction of sp³-hybridized carbons (Fsp3) is 0.333. The molecular formula is C18H20Cl2S. The highest BCUT2D eigenvalue weighted by molar-refractivity contribution is 7.99. The third-order valence-corrected chi connectivity index (χ3v) is 4.99. The Labute approximate surface area is 141 Å². The first-order valence-corrected chi connectivity index (χ1v) is 9.01. The van der Waals surface area contributed by atoms with E-state index in [1.54, 1.807) is 0 Å². The molecule has 0 nitrogen and oxygen atoms in total. The van der Waals surface area contributed by atoms with E-state index in [-0.39, 0.29) is 0 Å². The van der Waals surface area contributed by atoms with Crippen molar-refractivity contribution in [2.45, 2.75) is 36.5 Å². The van der Waals surface area contributed by atoms with Crippen molar-refractivity contribution < 1.29 is 0 Å². The van der Waals surface area contributed by atoms with Gasteiger partial charge in [0.1, 0.15) is 0 Å². The number of hydrogen-bond acceptors (Lipinski definition) is 1. The Morgan fingerprint density at radius 1 is 0.762 bits per heavy atom. The van der Waals surface area contributed by atoms with Crippen LogP contribution in [-0.4, -0.2) is 11.8 Å². The molecule has 0 spiro atoms. The van der Waals surface area contributed by atoms with Crippen molar-refractivity contribution in [1.29, 1.82) is 0 Å². The van der Waals surface area contributed by atoms with Gasteiger partial charge in [-0.05, 0) is 49.9 Å². The van der Waals surface area contributed by atoms with Crippen LogP contribution in [-0.2, 0) is 12.8 Å². The van der Waals surface area contributed by atoms with Crippen LogP contribution in [0.5, 0.6) is 0 Å². The molecule has 0 unspecified atom stereocenters. The number of aryl methyl sites for hydroxylation is 4. The highest BCUT2D eigenvalue weighted by Crippen LogP contribution is 2.34. The lowest BCUT2D eigenvalue weighted by Gasteiger charge is -2.13. The lowest BCUT2D eigenvalue weighted by molar-refractivity contribution is 1.06. The van der Waals surface area contributed by atoms with Crippen molar-refractivity contribution in [2.24, 2.45) is 0 Å². The van der Waals surface area contributed by atoms with Gasteiger partial charge in [-0.2, -0.15) is 0 Å². The molecule has 0 saturated carbocycles. The van der Waals surface area contributed by atoms with Crippen LogP contribution >= 0.6 is 35.0 Å².